The first-order valence-electron chi connectivity index (χ1n) is 3.97. The summed E-state index contributed by atoms with van der Waals surface area (Å²) in [7, 11) is 1.53. The Hall–Kier alpha value is -1.98. The van der Waals surface area contributed by atoms with Crippen molar-refractivity contribution in [2.75, 3.05) is 7.11 Å². The highest BCUT2D eigenvalue weighted by Crippen LogP contribution is 2.14. The molecule has 0 atom stereocenters. The molecule has 0 aliphatic carbocycles. The number of aryl methyl sites for hydroxylation is 1. The number of nitrogens with zero attached hydrogens (tertiary/aromatic N) is 4. The average Bonchev–Trinajstić information content (AvgIpc) is 2.65. The Morgan fingerprint density at radius 1 is 1.36 bits per heavy atom. The van der Waals surface area contributed by atoms with Gasteiger partial charge >= 0.3 is 0 Å². The normalized spacial score (nSPS) is 10.1. The molecule has 0 fully saturated rings. The molecule has 0 saturated heterocycles. The molecule has 14 heavy (non-hydrogen) atoms. The molecule has 6 nitrogen and oxygen atoms in total. The molecule has 2 rings (SSSR count). The molecule has 2 heterocycles. The Bertz CT molecular complexity index is 440. The van der Waals surface area contributed by atoms with Crippen LogP contribution < -0.4 is 4.74 Å². The Kier molecular flexibility index (Phi) is 2.10. The average molecular weight is 192 g/mol. The third kappa shape index (κ3) is 1.54. The zero-order valence-corrected chi connectivity index (χ0v) is 7.76. The van der Waals surface area contributed by atoms with Crippen molar-refractivity contribution in [3.05, 3.63) is 18.1 Å². The molecule has 0 aromatic carbocycles. The van der Waals surface area contributed by atoms with Crippen molar-refractivity contribution in [3.63, 3.8) is 0 Å². The SMILES string of the molecule is COc1ccnc(-c2nc(C)no2)n1. The summed E-state index contributed by atoms with van der Waals surface area (Å²) in [5, 5.41) is 3.64. The van der Waals surface area contributed by atoms with Crippen molar-refractivity contribution in [2.45, 2.75) is 6.92 Å². The molecule has 2 aromatic heterocycles. The van der Waals surface area contributed by atoms with Gasteiger partial charge in [0, 0.05) is 12.3 Å². The Morgan fingerprint density at radius 3 is 2.86 bits per heavy atom. The summed E-state index contributed by atoms with van der Waals surface area (Å²) in [6, 6.07) is 1.65. The van der Waals surface area contributed by atoms with Crippen molar-refractivity contribution >= 4 is 0 Å². The maximum Gasteiger partial charge on any atom is 0.295 e. The maximum absolute atomic E-state index is 4.94. The van der Waals surface area contributed by atoms with E-state index in [9.17, 15) is 0 Å². The van der Waals surface area contributed by atoms with Crippen LogP contribution >= 0.6 is 0 Å². The molecule has 0 aliphatic heterocycles. The summed E-state index contributed by atoms with van der Waals surface area (Å²) >= 11 is 0. The first-order chi connectivity index (χ1) is 6.79. The van der Waals surface area contributed by atoms with Crippen molar-refractivity contribution < 1.29 is 9.26 Å². The van der Waals surface area contributed by atoms with Crippen LogP contribution in [0.2, 0.25) is 0 Å². The Labute approximate surface area is 80.0 Å². The summed E-state index contributed by atoms with van der Waals surface area (Å²) in [6.07, 6.45) is 1.57. The topological polar surface area (TPSA) is 73.9 Å². The Balaban J connectivity index is 2.41. The van der Waals surface area contributed by atoms with Gasteiger partial charge in [-0.25, -0.2) is 4.98 Å². The third-order valence-electron chi connectivity index (χ3n) is 1.56. The van der Waals surface area contributed by atoms with E-state index in [1.54, 1.807) is 19.2 Å². The lowest BCUT2D eigenvalue weighted by atomic mass is 10.5. The van der Waals surface area contributed by atoms with Gasteiger partial charge < -0.3 is 9.26 Å². The molecule has 0 radical (unpaired) electrons. The van der Waals surface area contributed by atoms with Gasteiger partial charge in [0.1, 0.15) is 0 Å². The van der Waals surface area contributed by atoms with Crippen LogP contribution in [0.25, 0.3) is 11.7 Å². The zero-order chi connectivity index (χ0) is 9.97. The first-order valence-corrected chi connectivity index (χ1v) is 3.97. The first kappa shape index (κ1) is 8.61. The predicted molar refractivity (Wildman–Crippen MR) is 46.6 cm³/mol. The van der Waals surface area contributed by atoms with Gasteiger partial charge in [0.2, 0.25) is 11.7 Å². The standard InChI is InChI=1S/C8H8N4O2/c1-5-10-8(14-12-5)7-9-4-3-6(11-7)13-2/h3-4H,1-2H3. The maximum atomic E-state index is 4.94. The van der Waals surface area contributed by atoms with Gasteiger partial charge in [-0.05, 0) is 6.92 Å². The summed E-state index contributed by atoms with van der Waals surface area (Å²) in [4.78, 5) is 12.0. The van der Waals surface area contributed by atoms with Crippen LogP contribution in [0.4, 0.5) is 0 Å². The number of methoxy groups -OCH3 is 1. The molecule has 6 heteroatoms. The number of rotatable bonds is 2. The highest BCUT2D eigenvalue weighted by atomic mass is 16.5. The largest absolute Gasteiger partial charge is 0.481 e. The van der Waals surface area contributed by atoms with Crippen LogP contribution in [-0.2, 0) is 0 Å². The highest BCUT2D eigenvalue weighted by Gasteiger charge is 2.09. The lowest BCUT2D eigenvalue weighted by Gasteiger charge is -1.97. The van der Waals surface area contributed by atoms with Crippen LogP contribution in [0, 0.1) is 6.92 Å². The number of hydrogen-bond donors (Lipinski definition) is 0. The van der Waals surface area contributed by atoms with Gasteiger partial charge in [-0.3, -0.25) is 0 Å². The fourth-order valence-electron chi connectivity index (χ4n) is 0.947. The van der Waals surface area contributed by atoms with Gasteiger partial charge in [-0.1, -0.05) is 5.16 Å². The van der Waals surface area contributed by atoms with E-state index in [2.05, 4.69) is 20.1 Å². The van der Waals surface area contributed by atoms with E-state index in [-0.39, 0.29) is 0 Å². The van der Waals surface area contributed by atoms with Crippen LogP contribution in [0.1, 0.15) is 5.82 Å². The minimum absolute atomic E-state index is 0.293. The van der Waals surface area contributed by atoms with E-state index < -0.39 is 0 Å². The molecule has 0 saturated carbocycles. The fraction of sp³-hybridized carbons (Fsp3) is 0.250. The molecule has 72 valence electrons. The van der Waals surface area contributed by atoms with Crippen molar-refractivity contribution in [1.29, 1.82) is 0 Å². The van der Waals surface area contributed by atoms with Crippen molar-refractivity contribution in [3.8, 4) is 17.6 Å². The molecule has 2 aromatic rings. The van der Waals surface area contributed by atoms with E-state index in [1.807, 2.05) is 0 Å². The van der Waals surface area contributed by atoms with E-state index in [4.69, 9.17) is 9.26 Å². The third-order valence-corrected chi connectivity index (χ3v) is 1.56. The van der Waals surface area contributed by atoms with E-state index in [0.717, 1.165) is 0 Å². The molecule has 0 amide bonds. The summed E-state index contributed by atoms with van der Waals surface area (Å²) < 4.78 is 9.85. The molecular formula is C8H8N4O2. The summed E-state index contributed by atoms with van der Waals surface area (Å²) in [5.41, 5.74) is 0. The number of hydrogen-bond acceptors (Lipinski definition) is 6. The fourth-order valence-corrected chi connectivity index (χ4v) is 0.947. The predicted octanol–water partition coefficient (Wildman–Crippen LogP) is 0.844. The molecular weight excluding hydrogens is 184 g/mol. The van der Waals surface area contributed by atoms with Crippen LogP contribution in [0.5, 0.6) is 5.88 Å². The van der Waals surface area contributed by atoms with Crippen LogP contribution in [0.3, 0.4) is 0 Å². The van der Waals surface area contributed by atoms with Crippen molar-refractivity contribution in [2.24, 2.45) is 0 Å². The number of aromatic nitrogens is 4. The highest BCUT2D eigenvalue weighted by molar-refractivity contribution is 5.40. The molecule has 0 aliphatic rings. The quantitative estimate of drug-likeness (QED) is 0.702. The van der Waals surface area contributed by atoms with Gasteiger partial charge in [0.25, 0.3) is 5.89 Å². The van der Waals surface area contributed by atoms with Gasteiger partial charge in [-0.15, -0.1) is 0 Å². The molecule has 0 N–H and O–H groups in total. The Morgan fingerprint density at radius 2 is 2.21 bits per heavy atom. The lowest BCUT2D eigenvalue weighted by molar-refractivity contribution is 0.393. The second-order valence-corrected chi connectivity index (χ2v) is 2.57. The molecule has 0 spiro atoms. The van der Waals surface area contributed by atoms with E-state index >= 15 is 0 Å². The van der Waals surface area contributed by atoms with E-state index in [1.165, 1.54) is 7.11 Å². The van der Waals surface area contributed by atoms with Gasteiger partial charge in [-0.2, -0.15) is 9.97 Å². The zero-order valence-electron chi connectivity index (χ0n) is 7.76. The van der Waals surface area contributed by atoms with Crippen molar-refractivity contribution in [1.82, 2.24) is 20.1 Å². The van der Waals surface area contributed by atoms with Gasteiger partial charge in [0.05, 0.1) is 7.11 Å². The smallest absolute Gasteiger partial charge is 0.295 e. The molecule has 0 bridgehead atoms. The van der Waals surface area contributed by atoms with Crippen LogP contribution in [-0.4, -0.2) is 27.2 Å². The van der Waals surface area contributed by atoms with Gasteiger partial charge in [0.15, 0.2) is 5.82 Å². The minimum atomic E-state index is 0.293. The monoisotopic (exact) mass is 192 g/mol. The lowest BCUT2D eigenvalue weighted by Crippen LogP contribution is -1.92. The summed E-state index contributed by atoms with van der Waals surface area (Å²) in [6.45, 7) is 1.73. The van der Waals surface area contributed by atoms with E-state index in [0.29, 0.717) is 23.4 Å². The molecule has 0 unspecified atom stereocenters. The number of ether oxygens (including phenoxy) is 1. The van der Waals surface area contributed by atoms with Crippen LogP contribution in [0.15, 0.2) is 16.8 Å². The second-order valence-electron chi connectivity index (χ2n) is 2.57. The minimum Gasteiger partial charge on any atom is -0.481 e. The summed E-state index contributed by atoms with van der Waals surface area (Å²) in [5.74, 6) is 1.67. The second kappa shape index (κ2) is 3.41.